The van der Waals surface area contributed by atoms with Crippen LogP contribution < -0.4 is 0 Å². The number of nitrogens with zero attached hydrogens (tertiary/aromatic N) is 2. The fourth-order valence-corrected chi connectivity index (χ4v) is 1.75. The Balaban J connectivity index is 2.07. The molecule has 0 unspecified atom stereocenters. The van der Waals surface area contributed by atoms with Crippen molar-refractivity contribution in [2.75, 3.05) is 0 Å². The van der Waals surface area contributed by atoms with E-state index in [1.807, 2.05) is 20.8 Å². The summed E-state index contributed by atoms with van der Waals surface area (Å²) in [6, 6.07) is 1.78. The third kappa shape index (κ3) is 2.85. The summed E-state index contributed by atoms with van der Waals surface area (Å²) in [5.74, 6) is 2.01. The fourth-order valence-electron chi connectivity index (χ4n) is 1.75. The summed E-state index contributed by atoms with van der Waals surface area (Å²) in [6.07, 6.45) is 2.30. The molecule has 0 saturated carbocycles. The summed E-state index contributed by atoms with van der Waals surface area (Å²) in [7, 11) is 0. The van der Waals surface area contributed by atoms with Crippen molar-refractivity contribution >= 4 is 5.78 Å². The highest BCUT2D eigenvalue weighted by Gasteiger charge is 2.15. The fraction of sp³-hybridized carbons (Fsp3) is 0.462. The SMILES string of the molecule is Cc1occc1-c1noc(CC(=O)CC(C)C)n1. The maximum absolute atomic E-state index is 11.6. The zero-order chi connectivity index (χ0) is 13.1. The van der Waals surface area contributed by atoms with Gasteiger partial charge < -0.3 is 8.94 Å². The Kier molecular flexibility index (Phi) is 3.60. The second-order valence-electron chi connectivity index (χ2n) is 4.72. The molecule has 2 heterocycles. The van der Waals surface area contributed by atoms with Gasteiger partial charge in [0, 0.05) is 6.42 Å². The van der Waals surface area contributed by atoms with E-state index in [0.29, 0.717) is 24.1 Å². The number of aromatic nitrogens is 2. The molecule has 0 bridgehead atoms. The lowest BCUT2D eigenvalue weighted by Gasteiger charge is -2.00. The van der Waals surface area contributed by atoms with Crippen molar-refractivity contribution in [1.29, 1.82) is 0 Å². The maximum atomic E-state index is 11.6. The Bertz CT molecular complexity index is 540. The highest BCUT2D eigenvalue weighted by molar-refractivity contribution is 5.80. The molecule has 0 radical (unpaired) electrons. The second-order valence-corrected chi connectivity index (χ2v) is 4.72. The number of carbonyl (C=O) groups excluding carboxylic acids is 1. The van der Waals surface area contributed by atoms with Crippen LogP contribution in [0.2, 0.25) is 0 Å². The van der Waals surface area contributed by atoms with Crippen LogP contribution in [-0.4, -0.2) is 15.9 Å². The van der Waals surface area contributed by atoms with Crippen molar-refractivity contribution in [2.24, 2.45) is 5.92 Å². The molecule has 18 heavy (non-hydrogen) atoms. The van der Waals surface area contributed by atoms with E-state index >= 15 is 0 Å². The molecule has 2 rings (SSSR count). The number of ketones is 1. The predicted molar refractivity (Wildman–Crippen MR) is 64.9 cm³/mol. The smallest absolute Gasteiger partial charge is 0.234 e. The molecule has 96 valence electrons. The van der Waals surface area contributed by atoms with Gasteiger partial charge in [-0.2, -0.15) is 4.98 Å². The van der Waals surface area contributed by atoms with E-state index in [1.165, 1.54) is 0 Å². The number of Topliss-reactive ketones (excluding diaryl/α,β-unsaturated/α-hetero) is 1. The van der Waals surface area contributed by atoms with Gasteiger partial charge in [0.25, 0.3) is 0 Å². The third-order valence-corrected chi connectivity index (χ3v) is 2.55. The second kappa shape index (κ2) is 5.16. The van der Waals surface area contributed by atoms with E-state index in [1.54, 1.807) is 12.3 Å². The van der Waals surface area contributed by atoms with E-state index in [4.69, 9.17) is 8.94 Å². The third-order valence-electron chi connectivity index (χ3n) is 2.55. The highest BCUT2D eigenvalue weighted by atomic mass is 16.5. The monoisotopic (exact) mass is 248 g/mol. The van der Waals surface area contributed by atoms with Crippen LogP contribution in [-0.2, 0) is 11.2 Å². The molecule has 0 fully saturated rings. The normalized spacial score (nSPS) is 11.1. The molecule has 0 aliphatic rings. The Hall–Kier alpha value is -1.91. The number of carbonyl (C=O) groups is 1. The minimum Gasteiger partial charge on any atom is -0.469 e. The largest absolute Gasteiger partial charge is 0.469 e. The average molecular weight is 248 g/mol. The Labute approximate surface area is 105 Å². The summed E-state index contributed by atoms with van der Waals surface area (Å²) in [6.45, 7) is 5.84. The molecule has 0 spiro atoms. The first-order chi connectivity index (χ1) is 8.56. The van der Waals surface area contributed by atoms with Gasteiger partial charge in [0.05, 0.1) is 18.2 Å². The first kappa shape index (κ1) is 12.5. The standard InChI is InChI=1S/C13H16N2O3/c1-8(2)6-10(16)7-12-14-13(15-18-12)11-4-5-17-9(11)3/h4-5,8H,6-7H2,1-3H3. The summed E-state index contributed by atoms with van der Waals surface area (Å²) in [5.41, 5.74) is 0.793. The van der Waals surface area contributed by atoms with Crippen molar-refractivity contribution in [2.45, 2.75) is 33.6 Å². The quantitative estimate of drug-likeness (QED) is 0.813. The van der Waals surface area contributed by atoms with E-state index < -0.39 is 0 Å². The lowest BCUT2D eigenvalue weighted by molar-refractivity contribution is -0.119. The maximum Gasteiger partial charge on any atom is 0.234 e. The van der Waals surface area contributed by atoms with Crippen LogP contribution in [0.15, 0.2) is 21.3 Å². The van der Waals surface area contributed by atoms with E-state index in [-0.39, 0.29) is 12.2 Å². The molecule has 0 N–H and O–H groups in total. The first-order valence-corrected chi connectivity index (χ1v) is 5.95. The van der Waals surface area contributed by atoms with Gasteiger partial charge in [0.1, 0.15) is 11.5 Å². The van der Waals surface area contributed by atoms with Crippen LogP contribution in [0.3, 0.4) is 0 Å². The van der Waals surface area contributed by atoms with Crippen LogP contribution in [0.4, 0.5) is 0 Å². The predicted octanol–water partition coefficient (Wildman–Crippen LogP) is 2.80. The number of rotatable bonds is 5. The molecule has 0 amide bonds. The van der Waals surface area contributed by atoms with E-state index in [0.717, 1.165) is 11.3 Å². The van der Waals surface area contributed by atoms with Crippen molar-refractivity contribution in [3.63, 3.8) is 0 Å². The van der Waals surface area contributed by atoms with Crippen molar-refractivity contribution in [3.8, 4) is 11.4 Å². The van der Waals surface area contributed by atoms with Crippen LogP contribution >= 0.6 is 0 Å². The minimum absolute atomic E-state index is 0.115. The Morgan fingerprint density at radius 2 is 2.22 bits per heavy atom. The summed E-state index contributed by atoms with van der Waals surface area (Å²) >= 11 is 0. The van der Waals surface area contributed by atoms with Gasteiger partial charge in [0.15, 0.2) is 0 Å². The molecule has 0 aromatic carbocycles. The minimum atomic E-state index is 0.115. The Morgan fingerprint density at radius 1 is 1.44 bits per heavy atom. The molecular formula is C13H16N2O3. The van der Waals surface area contributed by atoms with Gasteiger partial charge in [-0.1, -0.05) is 19.0 Å². The summed E-state index contributed by atoms with van der Waals surface area (Å²) < 4.78 is 10.2. The zero-order valence-corrected chi connectivity index (χ0v) is 10.8. The van der Waals surface area contributed by atoms with Crippen molar-refractivity contribution in [3.05, 3.63) is 24.0 Å². The highest BCUT2D eigenvalue weighted by Crippen LogP contribution is 2.21. The van der Waals surface area contributed by atoms with Crippen LogP contribution in [0, 0.1) is 12.8 Å². The molecule has 0 aliphatic heterocycles. The van der Waals surface area contributed by atoms with Crippen LogP contribution in [0.5, 0.6) is 0 Å². The molecule has 2 aromatic rings. The van der Waals surface area contributed by atoms with Crippen LogP contribution in [0.1, 0.15) is 31.9 Å². The van der Waals surface area contributed by atoms with Crippen LogP contribution in [0.25, 0.3) is 11.4 Å². The lowest BCUT2D eigenvalue weighted by Crippen LogP contribution is -2.06. The topological polar surface area (TPSA) is 69.1 Å². The van der Waals surface area contributed by atoms with Gasteiger partial charge in [-0.05, 0) is 18.9 Å². The molecule has 5 heteroatoms. The molecule has 0 saturated heterocycles. The van der Waals surface area contributed by atoms with Crippen molar-refractivity contribution in [1.82, 2.24) is 10.1 Å². The number of furan rings is 1. The molecule has 0 aliphatic carbocycles. The van der Waals surface area contributed by atoms with Gasteiger partial charge in [-0.25, -0.2) is 0 Å². The van der Waals surface area contributed by atoms with Gasteiger partial charge in [-0.3, -0.25) is 4.79 Å². The average Bonchev–Trinajstić information content (AvgIpc) is 2.85. The van der Waals surface area contributed by atoms with E-state index in [9.17, 15) is 4.79 Å². The van der Waals surface area contributed by atoms with Gasteiger partial charge in [0.2, 0.25) is 11.7 Å². The Morgan fingerprint density at radius 3 is 2.83 bits per heavy atom. The summed E-state index contributed by atoms with van der Waals surface area (Å²) in [5, 5.41) is 3.85. The van der Waals surface area contributed by atoms with Gasteiger partial charge in [-0.15, -0.1) is 0 Å². The van der Waals surface area contributed by atoms with Gasteiger partial charge >= 0.3 is 0 Å². The van der Waals surface area contributed by atoms with E-state index in [2.05, 4.69) is 10.1 Å². The first-order valence-electron chi connectivity index (χ1n) is 5.95. The molecular weight excluding hydrogens is 232 g/mol. The number of hydrogen-bond donors (Lipinski definition) is 0. The molecule has 2 aromatic heterocycles. The molecule has 5 nitrogen and oxygen atoms in total. The summed E-state index contributed by atoms with van der Waals surface area (Å²) in [4.78, 5) is 15.8. The zero-order valence-electron chi connectivity index (χ0n) is 10.8. The molecule has 0 atom stereocenters. The lowest BCUT2D eigenvalue weighted by atomic mass is 10.1. The number of hydrogen-bond acceptors (Lipinski definition) is 5. The number of aryl methyl sites for hydroxylation is 1. The van der Waals surface area contributed by atoms with Crippen molar-refractivity contribution < 1.29 is 13.7 Å².